The second-order valence-electron chi connectivity index (χ2n) is 4.80. The Labute approximate surface area is 122 Å². The van der Waals surface area contributed by atoms with Crippen LogP contribution >= 0.6 is 0 Å². The van der Waals surface area contributed by atoms with Crippen LogP contribution in [0.4, 0.5) is 4.79 Å². The number of aliphatic carboxylic acids is 1. The molecule has 2 N–H and O–H groups in total. The molecule has 0 bridgehead atoms. The normalized spacial score (nSPS) is 10.6. The van der Waals surface area contributed by atoms with Gasteiger partial charge in [-0.2, -0.15) is 0 Å². The van der Waals surface area contributed by atoms with Gasteiger partial charge in [-0.25, -0.2) is 4.79 Å². The summed E-state index contributed by atoms with van der Waals surface area (Å²) in [6.07, 6.45) is 1.93. The number of hydrogen-bond acceptors (Lipinski definition) is 3. The number of fused-ring (bicyclic) bond motifs is 1. The molecule has 0 spiro atoms. The highest BCUT2D eigenvalue weighted by Gasteiger charge is 2.11. The lowest BCUT2D eigenvalue weighted by Gasteiger charge is -2.14. The van der Waals surface area contributed by atoms with Gasteiger partial charge < -0.3 is 19.7 Å². The summed E-state index contributed by atoms with van der Waals surface area (Å²) in [5, 5.41) is 9.67. The number of amides is 1. The highest BCUT2D eigenvalue weighted by atomic mass is 16.6. The molecule has 1 aromatic carbocycles. The van der Waals surface area contributed by atoms with E-state index in [1.165, 1.54) is 4.90 Å². The van der Waals surface area contributed by atoms with Crippen molar-refractivity contribution < 1.29 is 19.4 Å². The number of carboxylic acid groups (broad SMARTS) is 1. The first kappa shape index (κ1) is 14.9. The SMILES string of the molecule is CCN(C)C(=O)Oc1ccc2c(CCC(=O)O)c[nH]c2c1. The molecule has 0 unspecified atom stereocenters. The number of carboxylic acids is 1. The molecule has 1 aromatic heterocycles. The van der Waals surface area contributed by atoms with Gasteiger partial charge in [0.15, 0.2) is 0 Å². The molecule has 2 rings (SSSR count). The van der Waals surface area contributed by atoms with E-state index in [0.717, 1.165) is 16.5 Å². The van der Waals surface area contributed by atoms with Gasteiger partial charge in [-0.05, 0) is 31.0 Å². The maximum absolute atomic E-state index is 11.7. The van der Waals surface area contributed by atoms with E-state index < -0.39 is 12.1 Å². The van der Waals surface area contributed by atoms with E-state index in [4.69, 9.17) is 9.84 Å². The second-order valence-corrected chi connectivity index (χ2v) is 4.80. The first-order chi connectivity index (χ1) is 10.0. The number of aromatic amines is 1. The standard InChI is InChI=1S/C15H18N2O4/c1-3-17(2)15(20)21-11-5-6-12-10(4-7-14(18)19)9-16-13(12)8-11/h5-6,8-9,16H,3-4,7H2,1-2H3,(H,18,19). The minimum atomic E-state index is -0.822. The van der Waals surface area contributed by atoms with Crippen molar-refractivity contribution in [2.45, 2.75) is 19.8 Å². The highest BCUT2D eigenvalue weighted by molar-refractivity contribution is 5.85. The van der Waals surface area contributed by atoms with Gasteiger partial charge in [0.05, 0.1) is 0 Å². The van der Waals surface area contributed by atoms with Crippen LogP contribution in [0.1, 0.15) is 18.9 Å². The van der Waals surface area contributed by atoms with Crippen molar-refractivity contribution in [1.29, 1.82) is 0 Å². The lowest BCUT2D eigenvalue weighted by molar-refractivity contribution is -0.136. The molecule has 1 amide bonds. The van der Waals surface area contributed by atoms with Gasteiger partial charge in [0.1, 0.15) is 5.75 Å². The highest BCUT2D eigenvalue weighted by Crippen LogP contribution is 2.24. The third-order valence-electron chi connectivity index (χ3n) is 3.34. The Balaban J connectivity index is 2.16. The minimum Gasteiger partial charge on any atom is -0.481 e. The van der Waals surface area contributed by atoms with Crippen LogP contribution in [0.2, 0.25) is 0 Å². The predicted octanol–water partition coefficient (Wildman–Crippen LogP) is 2.64. The lowest BCUT2D eigenvalue weighted by Crippen LogP contribution is -2.29. The molecule has 6 heteroatoms. The topological polar surface area (TPSA) is 82.6 Å². The first-order valence-corrected chi connectivity index (χ1v) is 6.76. The zero-order valence-electron chi connectivity index (χ0n) is 12.0. The van der Waals surface area contributed by atoms with E-state index in [0.29, 0.717) is 18.7 Å². The molecule has 6 nitrogen and oxygen atoms in total. The molecule has 21 heavy (non-hydrogen) atoms. The van der Waals surface area contributed by atoms with E-state index >= 15 is 0 Å². The summed E-state index contributed by atoms with van der Waals surface area (Å²) in [6.45, 7) is 2.44. The van der Waals surface area contributed by atoms with Crippen molar-refractivity contribution in [2.75, 3.05) is 13.6 Å². The molecule has 0 saturated carbocycles. The average molecular weight is 290 g/mol. The summed E-state index contributed by atoms with van der Waals surface area (Å²) in [5.74, 6) is -0.364. The molecule has 0 atom stereocenters. The van der Waals surface area contributed by atoms with Crippen LogP contribution in [0.5, 0.6) is 5.75 Å². The van der Waals surface area contributed by atoms with Crippen LogP contribution in [0, 0.1) is 0 Å². The third kappa shape index (κ3) is 3.53. The summed E-state index contributed by atoms with van der Waals surface area (Å²) in [7, 11) is 1.67. The zero-order valence-corrected chi connectivity index (χ0v) is 12.0. The Bertz CT molecular complexity index is 663. The lowest BCUT2D eigenvalue weighted by atomic mass is 10.1. The van der Waals surface area contributed by atoms with Gasteiger partial charge in [-0.1, -0.05) is 0 Å². The van der Waals surface area contributed by atoms with E-state index in [-0.39, 0.29) is 6.42 Å². The number of ether oxygens (including phenoxy) is 1. The fourth-order valence-electron chi connectivity index (χ4n) is 1.99. The average Bonchev–Trinajstić information content (AvgIpc) is 2.86. The molecule has 0 saturated heterocycles. The number of carbonyl (C=O) groups excluding carboxylic acids is 1. The number of rotatable bonds is 5. The van der Waals surface area contributed by atoms with E-state index in [9.17, 15) is 9.59 Å². The molecule has 1 heterocycles. The Morgan fingerprint density at radius 1 is 1.38 bits per heavy atom. The Hall–Kier alpha value is -2.50. The van der Waals surface area contributed by atoms with Crippen LogP contribution in [-0.4, -0.2) is 40.6 Å². The number of benzene rings is 1. The number of carbonyl (C=O) groups is 2. The van der Waals surface area contributed by atoms with Crippen molar-refractivity contribution in [3.8, 4) is 5.75 Å². The van der Waals surface area contributed by atoms with Crippen molar-refractivity contribution in [1.82, 2.24) is 9.88 Å². The molecular weight excluding hydrogens is 272 g/mol. The molecule has 0 aliphatic heterocycles. The van der Waals surface area contributed by atoms with Crippen LogP contribution < -0.4 is 4.74 Å². The Kier molecular flexibility index (Phi) is 4.47. The largest absolute Gasteiger partial charge is 0.481 e. The summed E-state index contributed by atoms with van der Waals surface area (Å²) >= 11 is 0. The van der Waals surface area contributed by atoms with Crippen LogP contribution in [0.15, 0.2) is 24.4 Å². The predicted molar refractivity (Wildman–Crippen MR) is 78.6 cm³/mol. The van der Waals surface area contributed by atoms with E-state index in [2.05, 4.69) is 4.98 Å². The van der Waals surface area contributed by atoms with Crippen LogP contribution in [-0.2, 0) is 11.2 Å². The summed E-state index contributed by atoms with van der Waals surface area (Å²) in [4.78, 5) is 26.9. The summed E-state index contributed by atoms with van der Waals surface area (Å²) < 4.78 is 5.26. The number of nitrogens with zero attached hydrogens (tertiary/aromatic N) is 1. The smallest absolute Gasteiger partial charge is 0.414 e. The van der Waals surface area contributed by atoms with Crippen molar-refractivity contribution in [3.63, 3.8) is 0 Å². The Morgan fingerprint density at radius 3 is 2.81 bits per heavy atom. The van der Waals surface area contributed by atoms with Gasteiger partial charge in [-0.15, -0.1) is 0 Å². The third-order valence-corrected chi connectivity index (χ3v) is 3.34. The first-order valence-electron chi connectivity index (χ1n) is 6.76. The molecule has 0 fully saturated rings. The molecule has 0 radical (unpaired) electrons. The molecule has 2 aromatic rings. The number of aryl methyl sites for hydroxylation is 1. The minimum absolute atomic E-state index is 0.0883. The molecule has 0 aliphatic rings. The van der Waals surface area contributed by atoms with Gasteiger partial charge in [0.25, 0.3) is 0 Å². The van der Waals surface area contributed by atoms with E-state index in [1.54, 1.807) is 25.4 Å². The zero-order chi connectivity index (χ0) is 15.4. The quantitative estimate of drug-likeness (QED) is 0.886. The fraction of sp³-hybridized carbons (Fsp3) is 0.333. The summed E-state index contributed by atoms with van der Waals surface area (Å²) in [5.41, 5.74) is 1.76. The van der Waals surface area contributed by atoms with Gasteiger partial charge >= 0.3 is 12.1 Å². The fourth-order valence-corrected chi connectivity index (χ4v) is 1.99. The second kappa shape index (κ2) is 6.30. The maximum Gasteiger partial charge on any atom is 0.414 e. The number of hydrogen-bond donors (Lipinski definition) is 2. The maximum atomic E-state index is 11.7. The van der Waals surface area contributed by atoms with Crippen molar-refractivity contribution >= 4 is 23.0 Å². The Morgan fingerprint density at radius 2 is 2.14 bits per heavy atom. The molecule has 0 aliphatic carbocycles. The van der Waals surface area contributed by atoms with Gasteiger partial charge in [0.2, 0.25) is 0 Å². The molecule has 112 valence electrons. The number of H-pyrrole nitrogens is 1. The van der Waals surface area contributed by atoms with Crippen molar-refractivity contribution in [2.24, 2.45) is 0 Å². The number of aromatic nitrogens is 1. The van der Waals surface area contributed by atoms with Crippen LogP contribution in [0.25, 0.3) is 10.9 Å². The van der Waals surface area contributed by atoms with Gasteiger partial charge in [0, 0.05) is 43.2 Å². The monoisotopic (exact) mass is 290 g/mol. The molecular formula is C15H18N2O4. The van der Waals surface area contributed by atoms with Gasteiger partial charge in [-0.3, -0.25) is 4.79 Å². The van der Waals surface area contributed by atoms with Crippen LogP contribution in [0.3, 0.4) is 0 Å². The van der Waals surface area contributed by atoms with E-state index in [1.807, 2.05) is 13.0 Å². The summed E-state index contributed by atoms with van der Waals surface area (Å²) in [6, 6.07) is 5.28. The number of nitrogens with one attached hydrogen (secondary N) is 1. The van der Waals surface area contributed by atoms with Crippen molar-refractivity contribution in [3.05, 3.63) is 30.0 Å².